The zero-order valence-corrected chi connectivity index (χ0v) is 11.1. The molecule has 1 aliphatic rings. The van der Waals surface area contributed by atoms with Gasteiger partial charge in [-0.2, -0.15) is 0 Å². The van der Waals surface area contributed by atoms with Crippen molar-refractivity contribution in [1.29, 1.82) is 0 Å². The Morgan fingerprint density at radius 2 is 2.00 bits per heavy atom. The lowest BCUT2D eigenvalue weighted by atomic mass is 10.1. The first-order chi connectivity index (χ1) is 8.15. The molecule has 4 nitrogen and oxygen atoms in total. The van der Waals surface area contributed by atoms with Gasteiger partial charge in [-0.3, -0.25) is 4.79 Å². The van der Waals surface area contributed by atoms with E-state index in [1.807, 2.05) is 4.57 Å². The second-order valence-electron chi connectivity index (χ2n) is 4.36. The lowest BCUT2D eigenvalue weighted by Crippen LogP contribution is -2.21. The SMILES string of the molecule is CCC.CCc1nc(C(N)=O)n2c1CCCC2. The Bertz CT molecular complexity index is 382. The lowest BCUT2D eigenvalue weighted by Gasteiger charge is -2.16. The quantitative estimate of drug-likeness (QED) is 0.858. The van der Waals surface area contributed by atoms with Gasteiger partial charge in [0.2, 0.25) is 0 Å². The van der Waals surface area contributed by atoms with E-state index in [1.165, 1.54) is 18.5 Å². The monoisotopic (exact) mass is 237 g/mol. The first kappa shape index (κ1) is 13.7. The van der Waals surface area contributed by atoms with Crippen molar-refractivity contribution in [3.8, 4) is 0 Å². The molecule has 0 saturated heterocycles. The first-order valence-electron chi connectivity index (χ1n) is 6.53. The number of aromatic nitrogens is 2. The van der Waals surface area contributed by atoms with Crippen LogP contribution in [-0.2, 0) is 19.4 Å². The van der Waals surface area contributed by atoms with E-state index in [-0.39, 0.29) is 0 Å². The summed E-state index contributed by atoms with van der Waals surface area (Å²) in [4.78, 5) is 15.4. The van der Waals surface area contributed by atoms with Crippen molar-refractivity contribution in [3.63, 3.8) is 0 Å². The molecule has 4 heteroatoms. The molecule has 0 bridgehead atoms. The Kier molecular flexibility index (Phi) is 5.19. The van der Waals surface area contributed by atoms with Gasteiger partial charge in [-0.05, 0) is 25.7 Å². The van der Waals surface area contributed by atoms with Gasteiger partial charge in [-0.25, -0.2) is 4.98 Å². The highest BCUT2D eigenvalue weighted by atomic mass is 16.1. The van der Waals surface area contributed by atoms with Crippen molar-refractivity contribution in [2.45, 2.75) is 59.4 Å². The number of rotatable bonds is 2. The Labute approximate surface area is 103 Å². The molecule has 96 valence electrons. The third kappa shape index (κ3) is 3.08. The standard InChI is InChI=1S/C10H15N3O.C3H8/c1-2-7-8-5-3-4-6-13(8)10(12-7)9(11)14;1-3-2/h2-6H2,1H3,(H2,11,14);3H2,1-2H3. The number of carbonyl (C=O) groups excluding carboxylic acids is 1. The molecule has 1 amide bonds. The van der Waals surface area contributed by atoms with Crippen LogP contribution in [0.15, 0.2) is 0 Å². The minimum Gasteiger partial charge on any atom is -0.363 e. The average molecular weight is 237 g/mol. The highest BCUT2D eigenvalue weighted by molar-refractivity contribution is 5.89. The van der Waals surface area contributed by atoms with Crippen LogP contribution in [0.25, 0.3) is 0 Å². The molecule has 2 heterocycles. The van der Waals surface area contributed by atoms with Gasteiger partial charge in [0.1, 0.15) is 0 Å². The van der Waals surface area contributed by atoms with Crippen LogP contribution in [0.1, 0.15) is 62.0 Å². The second kappa shape index (κ2) is 6.42. The summed E-state index contributed by atoms with van der Waals surface area (Å²) in [6.45, 7) is 7.20. The van der Waals surface area contributed by atoms with E-state index in [1.54, 1.807) is 0 Å². The Hall–Kier alpha value is -1.32. The van der Waals surface area contributed by atoms with E-state index in [0.717, 1.165) is 31.5 Å². The fraction of sp³-hybridized carbons (Fsp3) is 0.692. The Morgan fingerprint density at radius 1 is 1.35 bits per heavy atom. The minimum absolute atomic E-state index is 0.409. The van der Waals surface area contributed by atoms with Crippen LogP contribution in [0, 0.1) is 0 Å². The van der Waals surface area contributed by atoms with Gasteiger partial charge in [0, 0.05) is 12.2 Å². The molecule has 1 aromatic heterocycles. The third-order valence-electron chi connectivity index (χ3n) is 2.76. The largest absolute Gasteiger partial charge is 0.363 e. The molecule has 0 fully saturated rings. The van der Waals surface area contributed by atoms with Gasteiger partial charge >= 0.3 is 0 Å². The summed E-state index contributed by atoms with van der Waals surface area (Å²) in [7, 11) is 0. The van der Waals surface area contributed by atoms with Gasteiger partial charge in [0.25, 0.3) is 5.91 Å². The zero-order chi connectivity index (χ0) is 12.8. The molecule has 0 saturated carbocycles. The summed E-state index contributed by atoms with van der Waals surface area (Å²) in [5, 5.41) is 0. The summed E-state index contributed by atoms with van der Waals surface area (Å²) in [6, 6.07) is 0. The Balaban J connectivity index is 0.000000437. The molecule has 0 atom stereocenters. The number of nitrogens with two attached hydrogens (primary N) is 1. The number of aryl methyl sites for hydroxylation is 1. The molecule has 1 aromatic rings. The van der Waals surface area contributed by atoms with Crippen LogP contribution in [0.2, 0.25) is 0 Å². The van der Waals surface area contributed by atoms with Gasteiger partial charge in [-0.1, -0.05) is 27.2 Å². The molecule has 0 radical (unpaired) electrons. The average Bonchev–Trinajstić information content (AvgIpc) is 2.69. The predicted octanol–water partition coefficient (Wildman–Crippen LogP) is 2.30. The highest BCUT2D eigenvalue weighted by Gasteiger charge is 2.21. The van der Waals surface area contributed by atoms with Crippen molar-refractivity contribution < 1.29 is 4.79 Å². The van der Waals surface area contributed by atoms with Crippen molar-refractivity contribution in [2.75, 3.05) is 0 Å². The number of fused-ring (bicyclic) bond motifs is 1. The van der Waals surface area contributed by atoms with Crippen LogP contribution >= 0.6 is 0 Å². The summed E-state index contributed by atoms with van der Waals surface area (Å²) in [6.07, 6.45) is 5.47. The number of hydrogen-bond acceptors (Lipinski definition) is 2. The smallest absolute Gasteiger partial charge is 0.284 e. The molecule has 0 spiro atoms. The van der Waals surface area contributed by atoms with Crippen molar-refractivity contribution >= 4 is 5.91 Å². The maximum Gasteiger partial charge on any atom is 0.284 e. The van der Waals surface area contributed by atoms with Crippen LogP contribution < -0.4 is 5.73 Å². The number of carbonyl (C=O) groups is 1. The van der Waals surface area contributed by atoms with E-state index in [0.29, 0.717) is 5.82 Å². The minimum atomic E-state index is -0.409. The van der Waals surface area contributed by atoms with Gasteiger partial charge in [0.15, 0.2) is 5.82 Å². The predicted molar refractivity (Wildman–Crippen MR) is 69.0 cm³/mol. The van der Waals surface area contributed by atoms with Crippen molar-refractivity contribution in [2.24, 2.45) is 5.73 Å². The number of amides is 1. The van der Waals surface area contributed by atoms with Crippen molar-refractivity contribution in [1.82, 2.24) is 9.55 Å². The normalized spacial score (nSPS) is 13.6. The second-order valence-corrected chi connectivity index (χ2v) is 4.36. The number of nitrogens with zero attached hydrogens (tertiary/aromatic N) is 2. The van der Waals surface area contributed by atoms with E-state index < -0.39 is 5.91 Å². The first-order valence-corrected chi connectivity index (χ1v) is 6.53. The van der Waals surface area contributed by atoms with E-state index in [2.05, 4.69) is 25.8 Å². The van der Waals surface area contributed by atoms with Crippen LogP contribution in [-0.4, -0.2) is 15.5 Å². The van der Waals surface area contributed by atoms with Gasteiger partial charge < -0.3 is 10.3 Å². The number of primary amides is 1. The fourth-order valence-electron chi connectivity index (χ4n) is 2.09. The van der Waals surface area contributed by atoms with Crippen LogP contribution in [0.3, 0.4) is 0 Å². The number of hydrogen-bond donors (Lipinski definition) is 1. The molecule has 0 aromatic carbocycles. The maximum absolute atomic E-state index is 11.1. The van der Waals surface area contributed by atoms with Crippen LogP contribution in [0.4, 0.5) is 0 Å². The summed E-state index contributed by atoms with van der Waals surface area (Å²) in [5.74, 6) is 0.0319. The lowest BCUT2D eigenvalue weighted by molar-refractivity contribution is 0.0985. The van der Waals surface area contributed by atoms with Crippen LogP contribution in [0.5, 0.6) is 0 Å². The van der Waals surface area contributed by atoms with Gasteiger partial charge in [-0.15, -0.1) is 0 Å². The van der Waals surface area contributed by atoms with Crippen molar-refractivity contribution in [3.05, 3.63) is 17.2 Å². The van der Waals surface area contributed by atoms with E-state index in [9.17, 15) is 4.79 Å². The summed E-state index contributed by atoms with van der Waals surface area (Å²) < 4.78 is 1.99. The summed E-state index contributed by atoms with van der Waals surface area (Å²) in [5.41, 5.74) is 7.54. The molecule has 17 heavy (non-hydrogen) atoms. The molecule has 0 aliphatic carbocycles. The fourth-order valence-corrected chi connectivity index (χ4v) is 2.09. The third-order valence-corrected chi connectivity index (χ3v) is 2.76. The molecule has 1 aliphatic heterocycles. The van der Waals surface area contributed by atoms with E-state index in [4.69, 9.17) is 5.73 Å². The molecular weight excluding hydrogens is 214 g/mol. The highest BCUT2D eigenvalue weighted by Crippen LogP contribution is 2.20. The Morgan fingerprint density at radius 3 is 2.53 bits per heavy atom. The van der Waals surface area contributed by atoms with E-state index >= 15 is 0 Å². The zero-order valence-electron chi connectivity index (χ0n) is 11.1. The number of imidazole rings is 1. The molecular formula is C13H23N3O. The van der Waals surface area contributed by atoms with Gasteiger partial charge in [0.05, 0.1) is 5.69 Å². The molecule has 0 unspecified atom stereocenters. The topological polar surface area (TPSA) is 60.9 Å². The summed E-state index contributed by atoms with van der Waals surface area (Å²) >= 11 is 0. The maximum atomic E-state index is 11.1. The molecule has 2 N–H and O–H groups in total. The molecule has 2 rings (SSSR count).